The lowest BCUT2D eigenvalue weighted by Crippen LogP contribution is -2.59. The molecule has 0 heterocycles. The lowest BCUT2D eigenvalue weighted by atomic mass is 9.38. The van der Waals surface area contributed by atoms with Gasteiger partial charge in [0.1, 0.15) is 0 Å². The molecule has 0 saturated heterocycles. The van der Waals surface area contributed by atoms with Crippen molar-refractivity contribution in [3.05, 3.63) is 0 Å². The van der Waals surface area contributed by atoms with Crippen LogP contribution in [0.25, 0.3) is 0 Å². The maximum absolute atomic E-state index is 2.66. The van der Waals surface area contributed by atoms with Crippen molar-refractivity contribution in [1.29, 1.82) is 0 Å². The zero-order valence-corrected chi connectivity index (χ0v) is 28.6. The molecule has 0 nitrogen and oxygen atoms in total. The fourth-order valence-corrected chi connectivity index (χ4v) is 14.6. The predicted molar refractivity (Wildman–Crippen MR) is 184 cm³/mol. The molecule has 0 aromatic carbocycles. The third kappa shape index (κ3) is 4.60. The van der Waals surface area contributed by atoms with Crippen LogP contribution in [0.2, 0.25) is 0 Å². The highest BCUT2D eigenvalue weighted by Gasteiger charge is 2.62. The summed E-state index contributed by atoms with van der Waals surface area (Å²) in [4.78, 5) is 0. The minimum absolute atomic E-state index is 0. The molecule has 13 unspecified atom stereocenters. The third-order valence-corrected chi connectivity index (χ3v) is 18.2. The molecule has 0 N–H and O–H groups in total. The van der Waals surface area contributed by atoms with E-state index >= 15 is 0 Å². The second-order valence-corrected chi connectivity index (χ2v) is 20.6. The van der Waals surface area contributed by atoms with Crippen LogP contribution in [0.4, 0.5) is 0 Å². The molecule has 42 heavy (non-hydrogen) atoms. The standard InChI is InChI=1S/2C20H34.2CH4/c1-12-14(9-16-11-17(12)20(16,4)5)8-13-6-7-15-10-18(13)19(15,2)3;1-18(2)14-7-6-13(16(18)10-14)12-20(5)9-8-15-11-17(20)19(15,3)4;;/h12-18H,6-11H2,1-5H3;13-17H,6-12H2,1-5H3;2*1H4. The van der Waals surface area contributed by atoms with E-state index in [2.05, 4.69) is 69.2 Å². The van der Waals surface area contributed by atoms with Gasteiger partial charge in [-0.2, -0.15) is 0 Å². The highest BCUT2D eigenvalue weighted by atomic mass is 14.7. The van der Waals surface area contributed by atoms with Crippen LogP contribution >= 0.6 is 0 Å². The number of fused-ring (bicyclic) bond motifs is 8. The van der Waals surface area contributed by atoms with Gasteiger partial charge in [-0.05, 0) is 182 Å². The summed E-state index contributed by atoms with van der Waals surface area (Å²) >= 11 is 0. The average molecular weight is 581 g/mol. The molecule has 12 aliphatic carbocycles. The van der Waals surface area contributed by atoms with Crippen LogP contribution in [0.1, 0.15) is 168 Å². The maximum atomic E-state index is 2.66. The van der Waals surface area contributed by atoms with Gasteiger partial charge in [-0.3, -0.25) is 0 Å². The van der Waals surface area contributed by atoms with Crippen LogP contribution < -0.4 is 0 Å². The van der Waals surface area contributed by atoms with Crippen molar-refractivity contribution in [2.75, 3.05) is 0 Å². The predicted octanol–water partition coefficient (Wildman–Crippen LogP) is 13.0. The van der Waals surface area contributed by atoms with Crippen LogP contribution in [0.5, 0.6) is 0 Å². The highest BCUT2D eigenvalue weighted by molar-refractivity contribution is 5.11. The first kappa shape index (κ1) is 33.4. The van der Waals surface area contributed by atoms with Crippen molar-refractivity contribution >= 4 is 0 Å². The van der Waals surface area contributed by atoms with E-state index < -0.39 is 0 Å². The van der Waals surface area contributed by atoms with Crippen molar-refractivity contribution in [2.45, 2.75) is 168 Å². The van der Waals surface area contributed by atoms with Crippen molar-refractivity contribution < 1.29 is 0 Å². The van der Waals surface area contributed by atoms with Crippen LogP contribution in [-0.2, 0) is 0 Å². The van der Waals surface area contributed by atoms with Crippen molar-refractivity contribution in [2.24, 2.45) is 98.1 Å². The lowest BCUT2D eigenvalue weighted by Gasteiger charge is -2.67. The van der Waals surface area contributed by atoms with Gasteiger partial charge in [0.25, 0.3) is 0 Å². The van der Waals surface area contributed by atoms with Gasteiger partial charge < -0.3 is 0 Å². The molecular formula is C42H76. The average Bonchev–Trinajstić information content (AvgIpc) is 2.89. The van der Waals surface area contributed by atoms with Crippen LogP contribution in [0, 0.1) is 98.1 Å². The second kappa shape index (κ2) is 10.5. The zero-order chi connectivity index (χ0) is 28.6. The monoisotopic (exact) mass is 581 g/mol. The van der Waals surface area contributed by atoms with Gasteiger partial charge in [0.05, 0.1) is 0 Å². The first-order valence-electron chi connectivity index (χ1n) is 18.6. The summed E-state index contributed by atoms with van der Waals surface area (Å²) in [6.45, 7) is 25.7. The Balaban J connectivity index is 0.000000160. The van der Waals surface area contributed by atoms with Crippen LogP contribution in [0.15, 0.2) is 0 Å². The topological polar surface area (TPSA) is 0 Å². The molecule has 12 aliphatic rings. The molecule has 13 atom stereocenters. The first-order valence-corrected chi connectivity index (χ1v) is 18.6. The molecule has 0 radical (unpaired) electrons. The molecule has 12 saturated carbocycles. The summed E-state index contributed by atoms with van der Waals surface area (Å²) in [6, 6.07) is 0. The minimum Gasteiger partial charge on any atom is -0.0776 e. The van der Waals surface area contributed by atoms with Gasteiger partial charge in [-0.15, -0.1) is 0 Å². The van der Waals surface area contributed by atoms with E-state index in [4.69, 9.17) is 0 Å². The fraction of sp³-hybridized carbons (Fsp3) is 1.00. The molecule has 0 aromatic heterocycles. The normalized spacial score (nSPS) is 52.1. The van der Waals surface area contributed by atoms with E-state index in [0.29, 0.717) is 27.1 Å². The largest absolute Gasteiger partial charge is 0.0776 e. The smallest absolute Gasteiger partial charge is 0.0289 e. The van der Waals surface area contributed by atoms with E-state index in [-0.39, 0.29) is 14.9 Å². The van der Waals surface area contributed by atoms with Crippen LogP contribution in [0.3, 0.4) is 0 Å². The number of hydrogen-bond acceptors (Lipinski definition) is 0. The van der Waals surface area contributed by atoms with Gasteiger partial charge in [0, 0.05) is 0 Å². The quantitative estimate of drug-likeness (QED) is 0.310. The summed E-state index contributed by atoms with van der Waals surface area (Å²) in [5.74, 6) is 12.6. The van der Waals surface area contributed by atoms with Gasteiger partial charge in [0.15, 0.2) is 0 Å². The number of hydrogen-bond donors (Lipinski definition) is 0. The SMILES string of the molecule is C.C.CC1(CC2CCC3CC2C3(C)C)CCC2CC1C2(C)C.CC1C(CC2CCC3CC2C3(C)C)CC2CC1C2(C)C. The van der Waals surface area contributed by atoms with Crippen molar-refractivity contribution in [3.8, 4) is 0 Å². The number of rotatable bonds is 4. The summed E-state index contributed by atoms with van der Waals surface area (Å²) in [7, 11) is 0. The molecule has 0 aliphatic heterocycles. The molecule has 244 valence electrons. The summed E-state index contributed by atoms with van der Waals surface area (Å²) in [5, 5.41) is 0. The Kier molecular flexibility index (Phi) is 8.35. The third-order valence-electron chi connectivity index (χ3n) is 18.2. The Morgan fingerprint density at radius 1 is 0.476 bits per heavy atom. The highest BCUT2D eigenvalue weighted by Crippen LogP contribution is 2.70. The Morgan fingerprint density at radius 2 is 0.976 bits per heavy atom. The Bertz CT molecular complexity index is 974. The van der Waals surface area contributed by atoms with E-state index in [1.807, 2.05) is 0 Å². The Labute approximate surface area is 265 Å². The van der Waals surface area contributed by atoms with Gasteiger partial charge in [0.2, 0.25) is 0 Å². The van der Waals surface area contributed by atoms with Gasteiger partial charge in [-0.25, -0.2) is 0 Å². The molecule has 0 amide bonds. The van der Waals surface area contributed by atoms with Gasteiger partial charge in [-0.1, -0.05) is 84.1 Å². The zero-order valence-electron chi connectivity index (χ0n) is 28.6. The molecule has 0 aromatic rings. The van der Waals surface area contributed by atoms with E-state index in [0.717, 1.165) is 71.0 Å². The molecular weight excluding hydrogens is 504 g/mol. The van der Waals surface area contributed by atoms with Crippen molar-refractivity contribution in [3.63, 3.8) is 0 Å². The summed E-state index contributed by atoms with van der Waals surface area (Å²) in [5.41, 5.74) is 3.35. The van der Waals surface area contributed by atoms with Gasteiger partial charge >= 0.3 is 0 Å². The van der Waals surface area contributed by atoms with E-state index in [9.17, 15) is 0 Å². The molecule has 12 rings (SSSR count). The first-order chi connectivity index (χ1) is 18.6. The molecule has 0 spiro atoms. The second-order valence-electron chi connectivity index (χ2n) is 20.6. The Morgan fingerprint density at radius 3 is 1.45 bits per heavy atom. The van der Waals surface area contributed by atoms with Crippen molar-refractivity contribution in [1.82, 2.24) is 0 Å². The summed E-state index contributed by atoms with van der Waals surface area (Å²) in [6.07, 6.45) is 20.1. The maximum Gasteiger partial charge on any atom is -0.0289 e. The van der Waals surface area contributed by atoms with E-state index in [1.54, 1.807) is 57.8 Å². The molecule has 12 fully saturated rings. The lowest BCUT2D eigenvalue weighted by molar-refractivity contribution is -0.177. The summed E-state index contributed by atoms with van der Waals surface area (Å²) < 4.78 is 0. The molecule has 0 heteroatoms. The van der Waals surface area contributed by atoms with Crippen LogP contribution in [-0.4, -0.2) is 0 Å². The Hall–Kier alpha value is 0. The minimum atomic E-state index is 0. The molecule has 8 bridgehead atoms. The fourth-order valence-electron chi connectivity index (χ4n) is 14.6. The van der Waals surface area contributed by atoms with E-state index in [1.165, 1.54) is 25.7 Å².